The molecule has 0 saturated carbocycles. The molecule has 0 radical (unpaired) electrons. The van der Waals surface area contributed by atoms with E-state index in [0.717, 1.165) is 5.56 Å². The van der Waals surface area contributed by atoms with Crippen molar-refractivity contribution in [1.29, 1.82) is 0 Å². The van der Waals surface area contributed by atoms with Gasteiger partial charge >= 0.3 is 0 Å². The molecule has 0 aromatic heterocycles. The van der Waals surface area contributed by atoms with Gasteiger partial charge < -0.3 is 20.1 Å². The number of carbonyl (C=O) groups excluding carboxylic acids is 2. The molecule has 6 nitrogen and oxygen atoms in total. The van der Waals surface area contributed by atoms with Crippen molar-refractivity contribution in [2.75, 3.05) is 20.8 Å². The van der Waals surface area contributed by atoms with Crippen molar-refractivity contribution in [3.63, 3.8) is 0 Å². The highest BCUT2D eigenvalue weighted by atomic mass is 35.5. The molecule has 2 aromatic carbocycles. The third kappa shape index (κ3) is 5.89. The Balaban J connectivity index is 1.82. The maximum absolute atomic E-state index is 12.2. The Morgan fingerprint density at radius 1 is 1.04 bits per heavy atom. The van der Waals surface area contributed by atoms with Gasteiger partial charge in [0, 0.05) is 17.1 Å². The number of methoxy groups -OCH3 is 2. The molecule has 0 heterocycles. The molecule has 1 atom stereocenters. The lowest BCUT2D eigenvalue weighted by atomic mass is 10.1. The van der Waals surface area contributed by atoms with Gasteiger partial charge in [0.05, 0.1) is 14.2 Å². The van der Waals surface area contributed by atoms with Crippen molar-refractivity contribution < 1.29 is 19.1 Å². The zero-order valence-electron chi connectivity index (χ0n) is 15.5. The highest BCUT2D eigenvalue weighted by Gasteiger charge is 2.16. The second-order valence-corrected chi connectivity index (χ2v) is 6.37. The highest BCUT2D eigenvalue weighted by molar-refractivity contribution is 6.30. The van der Waals surface area contributed by atoms with E-state index < -0.39 is 6.04 Å². The molecule has 0 bridgehead atoms. The number of benzene rings is 2. The van der Waals surface area contributed by atoms with Crippen LogP contribution in [0, 0.1) is 0 Å². The zero-order chi connectivity index (χ0) is 19.8. The van der Waals surface area contributed by atoms with Gasteiger partial charge in [-0.05, 0) is 55.3 Å². The van der Waals surface area contributed by atoms with Gasteiger partial charge in [0.25, 0.3) is 5.91 Å². The minimum absolute atomic E-state index is 0.252. The first-order chi connectivity index (χ1) is 12.9. The zero-order valence-corrected chi connectivity index (χ0v) is 16.3. The number of amides is 2. The van der Waals surface area contributed by atoms with E-state index in [0.29, 0.717) is 35.1 Å². The van der Waals surface area contributed by atoms with E-state index in [1.807, 2.05) is 18.2 Å². The number of rotatable bonds is 8. The molecular formula is C20H23ClN2O4. The molecule has 27 heavy (non-hydrogen) atoms. The predicted molar refractivity (Wildman–Crippen MR) is 105 cm³/mol. The van der Waals surface area contributed by atoms with Gasteiger partial charge in [0.1, 0.15) is 6.04 Å². The van der Waals surface area contributed by atoms with E-state index >= 15 is 0 Å². The first-order valence-electron chi connectivity index (χ1n) is 8.49. The maximum atomic E-state index is 12.2. The van der Waals surface area contributed by atoms with E-state index in [4.69, 9.17) is 21.1 Å². The van der Waals surface area contributed by atoms with Gasteiger partial charge in [-0.25, -0.2) is 0 Å². The quantitative estimate of drug-likeness (QED) is 0.726. The fourth-order valence-electron chi connectivity index (χ4n) is 2.47. The monoisotopic (exact) mass is 390 g/mol. The Hall–Kier alpha value is -2.73. The number of hydrogen-bond donors (Lipinski definition) is 2. The molecular weight excluding hydrogens is 368 g/mol. The number of ether oxygens (including phenoxy) is 2. The fraction of sp³-hybridized carbons (Fsp3) is 0.300. The summed E-state index contributed by atoms with van der Waals surface area (Å²) >= 11 is 5.81. The van der Waals surface area contributed by atoms with E-state index in [-0.39, 0.29) is 11.8 Å². The summed E-state index contributed by atoms with van der Waals surface area (Å²) in [4.78, 5) is 24.3. The van der Waals surface area contributed by atoms with Crippen molar-refractivity contribution in [1.82, 2.24) is 10.6 Å². The third-order valence-corrected chi connectivity index (χ3v) is 4.26. The molecule has 0 aliphatic carbocycles. The maximum Gasteiger partial charge on any atom is 0.251 e. The van der Waals surface area contributed by atoms with Gasteiger partial charge in [-0.3, -0.25) is 9.59 Å². The van der Waals surface area contributed by atoms with Crippen molar-refractivity contribution in [2.45, 2.75) is 19.4 Å². The van der Waals surface area contributed by atoms with Crippen LogP contribution in [0.25, 0.3) is 0 Å². The molecule has 0 aliphatic rings. The van der Waals surface area contributed by atoms with Crippen LogP contribution >= 0.6 is 11.6 Å². The molecule has 7 heteroatoms. The standard InChI is InChI=1S/C20H23ClN2O4/c1-13(23-20(25)15-5-7-16(21)8-6-15)19(24)22-11-10-14-4-9-17(26-2)18(12-14)27-3/h4-9,12-13H,10-11H2,1-3H3,(H,22,24)(H,23,25)/t13-/m0/s1. The minimum Gasteiger partial charge on any atom is -0.493 e. The lowest BCUT2D eigenvalue weighted by molar-refractivity contribution is -0.122. The number of carbonyl (C=O) groups is 2. The number of halogens is 1. The average Bonchev–Trinajstić information content (AvgIpc) is 2.68. The van der Waals surface area contributed by atoms with Crippen LogP contribution in [0.15, 0.2) is 42.5 Å². The molecule has 0 unspecified atom stereocenters. The summed E-state index contributed by atoms with van der Waals surface area (Å²) in [6, 6.07) is 11.4. The molecule has 0 fully saturated rings. The summed E-state index contributed by atoms with van der Waals surface area (Å²) in [5.41, 5.74) is 1.45. The van der Waals surface area contributed by atoms with Crippen LogP contribution in [0.1, 0.15) is 22.8 Å². The van der Waals surface area contributed by atoms with Crippen molar-refractivity contribution >= 4 is 23.4 Å². The summed E-state index contributed by atoms with van der Waals surface area (Å²) in [5, 5.41) is 6.03. The van der Waals surface area contributed by atoms with Crippen molar-refractivity contribution in [3.8, 4) is 11.5 Å². The van der Waals surface area contributed by atoms with Gasteiger partial charge in [-0.2, -0.15) is 0 Å². The second kappa shape index (κ2) is 9.83. The summed E-state index contributed by atoms with van der Waals surface area (Å²) in [6.07, 6.45) is 0.629. The summed E-state index contributed by atoms with van der Waals surface area (Å²) in [5.74, 6) is 0.723. The van der Waals surface area contributed by atoms with Crippen LogP contribution in [0.2, 0.25) is 5.02 Å². The normalized spacial score (nSPS) is 11.4. The molecule has 2 N–H and O–H groups in total. The highest BCUT2D eigenvalue weighted by Crippen LogP contribution is 2.27. The van der Waals surface area contributed by atoms with Crippen LogP contribution in [0.3, 0.4) is 0 Å². The molecule has 2 amide bonds. The van der Waals surface area contributed by atoms with Gasteiger partial charge in [0.2, 0.25) is 5.91 Å². The van der Waals surface area contributed by atoms with Gasteiger partial charge in [-0.1, -0.05) is 17.7 Å². The summed E-state index contributed by atoms with van der Waals surface area (Å²) in [6.45, 7) is 2.08. The SMILES string of the molecule is COc1ccc(CCNC(=O)[C@H](C)NC(=O)c2ccc(Cl)cc2)cc1OC. The molecule has 0 saturated heterocycles. The van der Waals surface area contributed by atoms with Gasteiger partial charge in [0.15, 0.2) is 11.5 Å². The van der Waals surface area contributed by atoms with E-state index in [2.05, 4.69) is 10.6 Å². The van der Waals surface area contributed by atoms with Crippen LogP contribution in [-0.2, 0) is 11.2 Å². The van der Waals surface area contributed by atoms with E-state index in [1.54, 1.807) is 45.4 Å². The average molecular weight is 391 g/mol. The Kier molecular flexibility index (Phi) is 7.49. The summed E-state index contributed by atoms with van der Waals surface area (Å²) < 4.78 is 10.5. The van der Waals surface area contributed by atoms with Crippen LogP contribution in [0.4, 0.5) is 0 Å². The smallest absolute Gasteiger partial charge is 0.251 e. The molecule has 2 aromatic rings. The van der Waals surface area contributed by atoms with Crippen LogP contribution in [-0.4, -0.2) is 38.6 Å². The second-order valence-electron chi connectivity index (χ2n) is 5.93. The third-order valence-electron chi connectivity index (χ3n) is 4.01. The van der Waals surface area contributed by atoms with E-state index in [9.17, 15) is 9.59 Å². The Morgan fingerprint density at radius 3 is 2.33 bits per heavy atom. The van der Waals surface area contributed by atoms with Crippen molar-refractivity contribution in [2.24, 2.45) is 0 Å². The molecule has 0 aliphatic heterocycles. The Morgan fingerprint density at radius 2 is 1.70 bits per heavy atom. The summed E-state index contributed by atoms with van der Waals surface area (Å²) in [7, 11) is 3.16. The van der Waals surface area contributed by atoms with E-state index in [1.165, 1.54) is 0 Å². The first kappa shape index (κ1) is 20.6. The Bertz CT molecular complexity index is 793. The van der Waals surface area contributed by atoms with Crippen LogP contribution < -0.4 is 20.1 Å². The van der Waals surface area contributed by atoms with Gasteiger partial charge in [-0.15, -0.1) is 0 Å². The number of nitrogens with one attached hydrogen (secondary N) is 2. The lowest BCUT2D eigenvalue weighted by Crippen LogP contribution is -2.45. The first-order valence-corrected chi connectivity index (χ1v) is 8.87. The Labute approximate surface area is 163 Å². The van der Waals surface area contributed by atoms with Crippen LogP contribution in [0.5, 0.6) is 11.5 Å². The fourth-order valence-corrected chi connectivity index (χ4v) is 2.59. The topological polar surface area (TPSA) is 76.7 Å². The lowest BCUT2D eigenvalue weighted by Gasteiger charge is -2.14. The molecule has 0 spiro atoms. The largest absolute Gasteiger partial charge is 0.493 e. The van der Waals surface area contributed by atoms with Crippen molar-refractivity contribution in [3.05, 3.63) is 58.6 Å². The molecule has 2 rings (SSSR count). The predicted octanol–water partition coefficient (Wildman–Crippen LogP) is 2.83. The minimum atomic E-state index is -0.654. The number of hydrogen-bond acceptors (Lipinski definition) is 4. The molecule has 144 valence electrons.